The van der Waals surface area contributed by atoms with Crippen LogP contribution < -0.4 is 22.3 Å². The molecule has 1 heterocycles. The second-order valence-electron chi connectivity index (χ2n) is 8.02. The number of hydrogen-bond donors (Lipinski definition) is 4. The van der Waals surface area contributed by atoms with Gasteiger partial charge in [-0.25, -0.2) is 4.79 Å². The van der Waals surface area contributed by atoms with E-state index in [0.717, 1.165) is 22.3 Å². The quantitative estimate of drug-likeness (QED) is 0.179. The third-order valence-electron chi connectivity index (χ3n) is 5.85. The molecule has 1 aromatic heterocycles. The predicted molar refractivity (Wildman–Crippen MR) is 129 cm³/mol. The van der Waals surface area contributed by atoms with E-state index in [1.807, 2.05) is 48.5 Å². The largest absolute Gasteiger partial charge is 0.480 e. The number of amides is 1. The molecule has 0 radical (unpaired) electrons. The van der Waals surface area contributed by atoms with Crippen molar-refractivity contribution in [1.82, 2.24) is 9.88 Å². The number of benzene rings is 2. The number of carbonyl (C=O) groups excluding carboxylic acids is 1. The summed E-state index contributed by atoms with van der Waals surface area (Å²) in [5, 5.41) is 12.0. The topological polar surface area (TPSA) is 153 Å². The lowest BCUT2D eigenvalue weighted by molar-refractivity contribution is -0.139. The molecular formula is C25H25N5O4. The molecule has 4 rings (SSSR count). The normalized spacial score (nSPS) is 12.9. The van der Waals surface area contributed by atoms with E-state index in [2.05, 4.69) is 10.3 Å². The van der Waals surface area contributed by atoms with Gasteiger partial charge in [0, 0.05) is 12.7 Å². The van der Waals surface area contributed by atoms with E-state index in [1.165, 1.54) is 10.6 Å². The minimum Gasteiger partial charge on any atom is -0.480 e. The summed E-state index contributed by atoms with van der Waals surface area (Å²) >= 11 is 0. The molecule has 1 aliphatic carbocycles. The summed E-state index contributed by atoms with van der Waals surface area (Å²) in [7, 11) is 0. The SMILES string of the molecule is NC(N)=NCCC[C@H](NC(=O)c1cccn(C2c3ccccc3-c3ccccc32)c1=O)C(=O)O. The van der Waals surface area contributed by atoms with Crippen molar-refractivity contribution in [2.24, 2.45) is 16.5 Å². The predicted octanol–water partition coefficient (Wildman–Crippen LogP) is 1.70. The number of aliphatic imine (C=N–C) groups is 1. The van der Waals surface area contributed by atoms with Gasteiger partial charge in [0.2, 0.25) is 0 Å². The van der Waals surface area contributed by atoms with Crippen molar-refractivity contribution < 1.29 is 14.7 Å². The number of carboxylic acid groups (broad SMARTS) is 1. The highest BCUT2D eigenvalue weighted by Gasteiger charge is 2.31. The number of rotatable bonds is 8. The molecule has 9 heteroatoms. The van der Waals surface area contributed by atoms with Crippen LogP contribution in [-0.2, 0) is 4.79 Å². The number of nitrogens with zero attached hydrogens (tertiary/aromatic N) is 2. The van der Waals surface area contributed by atoms with Crippen molar-refractivity contribution in [3.8, 4) is 11.1 Å². The summed E-state index contributed by atoms with van der Waals surface area (Å²) < 4.78 is 1.52. The molecule has 0 saturated carbocycles. The Morgan fingerprint density at radius 1 is 1.00 bits per heavy atom. The first kappa shape index (κ1) is 22.8. The van der Waals surface area contributed by atoms with Gasteiger partial charge in [0.25, 0.3) is 11.5 Å². The van der Waals surface area contributed by atoms with Gasteiger partial charge in [0.1, 0.15) is 11.6 Å². The van der Waals surface area contributed by atoms with Gasteiger partial charge in [-0.15, -0.1) is 0 Å². The Labute approximate surface area is 195 Å². The highest BCUT2D eigenvalue weighted by Crippen LogP contribution is 2.44. The fraction of sp³-hybridized carbons (Fsp3) is 0.200. The van der Waals surface area contributed by atoms with E-state index < -0.39 is 23.5 Å². The van der Waals surface area contributed by atoms with Gasteiger partial charge in [-0.1, -0.05) is 48.5 Å². The second-order valence-corrected chi connectivity index (χ2v) is 8.02. The van der Waals surface area contributed by atoms with Crippen LogP contribution in [0, 0.1) is 0 Å². The van der Waals surface area contributed by atoms with Crippen LogP contribution in [0.25, 0.3) is 11.1 Å². The average molecular weight is 460 g/mol. The fourth-order valence-electron chi connectivity index (χ4n) is 4.31. The zero-order valence-electron chi connectivity index (χ0n) is 18.3. The van der Waals surface area contributed by atoms with Gasteiger partial charge in [-0.3, -0.25) is 14.6 Å². The van der Waals surface area contributed by atoms with Gasteiger partial charge in [-0.05, 0) is 47.2 Å². The maximum Gasteiger partial charge on any atom is 0.326 e. The smallest absolute Gasteiger partial charge is 0.326 e. The molecule has 1 atom stereocenters. The van der Waals surface area contributed by atoms with E-state index in [-0.39, 0.29) is 30.5 Å². The minimum atomic E-state index is -1.20. The van der Waals surface area contributed by atoms with Crippen LogP contribution in [0.5, 0.6) is 0 Å². The number of hydrogen-bond acceptors (Lipinski definition) is 4. The van der Waals surface area contributed by atoms with E-state index in [4.69, 9.17) is 11.5 Å². The number of aromatic nitrogens is 1. The van der Waals surface area contributed by atoms with Crippen LogP contribution in [0.4, 0.5) is 0 Å². The van der Waals surface area contributed by atoms with Crippen molar-refractivity contribution in [2.75, 3.05) is 6.54 Å². The number of carbonyl (C=O) groups is 2. The number of fused-ring (bicyclic) bond motifs is 3. The van der Waals surface area contributed by atoms with Gasteiger partial charge in [0.05, 0.1) is 6.04 Å². The molecule has 9 nitrogen and oxygen atoms in total. The average Bonchev–Trinajstić information content (AvgIpc) is 3.15. The number of pyridine rings is 1. The van der Waals surface area contributed by atoms with Crippen LogP contribution in [0.1, 0.15) is 40.4 Å². The Hall–Kier alpha value is -4.40. The van der Waals surface area contributed by atoms with Crippen LogP contribution in [0.15, 0.2) is 76.6 Å². The maximum absolute atomic E-state index is 13.4. The molecule has 0 spiro atoms. The molecule has 0 saturated heterocycles. The molecule has 3 aromatic rings. The van der Waals surface area contributed by atoms with Crippen LogP contribution in [-0.4, -0.2) is 40.1 Å². The molecule has 0 fully saturated rings. The van der Waals surface area contributed by atoms with Gasteiger partial charge >= 0.3 is 5.97 Å². The lowest BCUT2D eigenvalue weighted by atomic mass is 10.0. The van der Waals surface area contributed by atoms with Crippen LogP contribution >= 0.6 is 0 Å². The number of nitrogens with one attached hydrogen (secondary N) is 1. The standard InChI is InChI=1S/C25H25N5O4/c26-25(27)28-13-5-12-20(24(33)34)29-22(31)19-11-6-14-30(23(19)32)21-17-9-3-1-7-15(17)16-8-2-4-10-18(16)21/h1-4,6-11,14,20-21H,5,12-13H2,(H,29,31)(H,33,34)(H4,26,27,28)/t20-/m0/s1. The number of guanidine groups is 1. The van der Waals surface area contributed by atoms with Crippen molar-refractivity contribution in [3.63, 3.8) is 0 Å². The zero-order chi connectivity index (χ0) is 24.2. The van der Waals surface area contributed by atoms with Crippen molar-refractivity contribution >= 4 is 17.8 Å². The van der Waals surface area contributed by atoms with E-state index >= 15 is 0 Å². The monoisotopic (exact) mass is 459 g/mol. The fourth-order valence-corrected chi connectivity index (χ4v) is 4.31. The first-order valence-electron chi connectivity index (χ1n) is 10.9. The van der Waals surface area contributed by atoms with Crippen LogP contribution in [0.2, 0.25) is 0 Å². The summed E-state index contributed by atoms with van der Waals surface area (Å²) in [6.45, 7) is 0.237. The molecular weight excluding hydrogens is 434 g/mol. The van der Waals surface area contributed by atoms with Gasteiger partial charge in [-0.2, -0.15) is 0 Å². The maximum atomic E-state index is 13.4. The highest BCUT2D eigenvalue weighted by atomic mass is 16.4. The van der Waals surface area contributed by atoms with Crippen molar-refractivity contribution in [1.29, 1.82) is 0 Å². The molecule has 34 heavy (non-hydrogen) atoms. The number of carboxylic acids is 1. The van der Waals surface area contributed by atoms with E-state index in [0.29, 0.717) is 6.42 Å². The lowest BCUT2D eigenvalue weighted by Crippen LogP contribution is -2.43. The third kappa shape index (κ3) is 4.40. The summed E-state index contributed by atoms with van der Waals surface area (Å²) in [6, 6.07) is 17.1. The Morgan fingerprint density at radius 3 is 2.21 bits per heavy atom. The Balaban J connectivity index is 1.63. The zero-order valence-corrected chi connectivity index (χ0v) is 18.3. The van der Waals surface area contributed by atoms with Crippen molar-refractivity contribution in [2.45, 2.75) is 24.9 Å². The third-order valence-corrected chi connectivity index (χ3v) is 5.85. The van der Waals surface area contributed by atoms with E-state index in [1.54, 1.807) is 12.3 Å². The summed E-state index contributed by atoms with van der Waals surface area (Å²) in [6.07, 6.45) is 2.11. The summed E-state index contributed by atoms with van der Waals surface area (Å²) in [4.78, 5) is 41.8. The molecule has 1 aliphatic rings. The number of nitrogens with two attached hydrogens (primary N) is 2. The van der Waals surface area contributed by atoms with E-state index in [9.17, 15) is 19.5 Å². The van der Waals surface area contributed by atoms with Crippen molar-refractivity contribution in [3.05, 3.63) is 93.9 Å². The first-order chi connectivity index (χ1) is 16.4. The molecule has 2 aromatic carbocycles. The molecule has 6 N–H and O–H groups in total. The van der Waals surface area contributed by atoms with Crippen LogP contribution in [0.3, 0.4) is 0 Å². The van der Waals surface area contributed by atoms with Gasteiger partial charge in [0.15, 0.2) is 5.96 Å². The summed E-state index contributed by atoms with van der Waals surface area (Å²) in [5.41, 5.74) is 13.9. The number of aliphatic carboxylic acids is 1. The second kappa shape index (κ2) is 9.62. The van der Waals surface area contributed by atoms with Gasteiger partial charge < -0.3 is 26.5 Å². The first-order valence-corrected chi connectivity index (χ1v) is 10.9. The Bertz CT molecular complexity index is 1280. The molecule has 0 bridgehead atoms. The minimum absolute atomic E-state index is 0.0872. The molecule has 0 aliphatic heterocycles. The lowest BCUT2D eigenvalue weighted by Gasteiger charge is -2.19. The molecule has 174 valence electrons. The Kier molecular flexibility index (Phi) is 6.44. The Morgan fingerprint density at radius 2 is 1.62 bits per heavy atom. The highest BCUT2D eigenvalue weighted by molar-refractivity contribution is 5.96. The summed E-state index contributed by atoms with van der Waals surface area (Å²) in [5.74, 6) is -2.03. The molecule has 1 amide bonds. The molecule has 0 unspecified atom stereocenters.